The molecule has 2 N–H and O–H groups in total. The van der Waals surface area contributed by atoms with Crippen LogP contribution >= 0.6 is 0 Å². The van der Waals surface area contributed by atoms with Crippen LogP contribution in [0.25, 0.3) is 0 Å². The van der Waals surface area contributed by atoms with E-state index in [1.54, 1.807) is 68.4 Å². The number of nitrogens with zero attached hydrogens (tertiary/aromatic N) is 1. The number of sulfonamides is 1. The molecule has 192 valence electrons. The minimum absolute atomic E-state index is 0.133. The van der Waals surface area contributed by atoms with Gasteiger partial charge in [0.25, 0.3) is 10.0 Å². The van der Waals surface area contributed by atoms with Crippen molar-refractivity contribution >= 4 is 33.2 Å². The molecule has 3 aromatic carbocycles. The van der Waals surface area contributed by atoms with Crippen LogP contribution in [0.15, 0.2) is 59.5 Å². The molecular weight excluding hydrogens is 494 g/mol. The third-order valence-corrected chi connectivity index (χ3v) is 8.54. The van der Waals surface area contributed by atoms with Gasteiger partial charge in [0.2, 0.25) is 18.6 Å². The molecule has 0 radical (unpaired) electrons. The number of nitrogens with one attached hydrogen (secondary N) is 2. The summed E-state index contributed by atoms with van der Waals surface area (Å²) in [5, 5.41) is 5.54. The van der Waals surface area contributed by atoms with Gasteiger partial charge < -0.3 is 20.1 Å². The summed E-state index contributed by atoms with van der Waals surface area (Å²) in [4.78, 5) is 26.3. The van der Waals surface area contributed by atoms with E-state index in [1.165, 1.54) is 0 Å². The maximum Gasteiger partial charge on any atom is 0.265 e. The SMILES string of the molecule is Cc1cc(C)c(S(=O)(=O)N2c3ccccc3NC(=O)C2CC(=O)NCc2ccc3c(c2)OCO3)c(C)c1. The lowest BCUT2D eigenvalue weighted by Crippen LogP contribution is -2.53. The minimum atomic E-state index is -4.19. The van der Waals surface area contributed by atoms with Crippen molar-refractivity contribution in [1.82, 2.24) is 5.32 Å². The largest absolute Gasteiger partial charge is 0.454 e. The van der Waals surface area contributed by atoms with Crippen molar-refractivity contribution < 1.29 is 27.5 Å². The first kappa shape index (κ1) is 24.6. The number of carbonyl (C=O) groups is 2. The Balaban J connectivity index is 1.45. The molecule has 0 spiro atoms. The van der Waals surface area contributed by atoms with Gasteiger partial charge in [-0.2, -0.15) is 0 Å². The lowest BCUT2D eigenvalue weighted by molar-refractivity contribution is -0.125. The summed E-state index contributed by atoms with van der Waals surface area (Å²) in [6.45, 7) is 5.69. The van der Waals surface area contributed by atoms with Crippen molar-refractivity contribution in [3.63, 3.8) is 0 Å². The van der Waals surface area contributed by atoms with E-state index in [4.69, 9.17) is 9.47 Å². The Morgan fingerprint density at radius 2 is 1.73 bits per heavy atom. The van der Waals surface area contributed by atoms with E-state index in [1.807, 2.05) is 6.92 Å². The number of hydrogen-bond donors (Lipinski definition) is 2. The predicted octanol–water partition coefficient (Wildman–Crippen LogP) is 3.56. The number of aryl methyl sites for hydroxylation is 3. The van der Waals surface area contributed by atoms with Gasteiger partial charge in [-0.1, -0.05) is 35.9 Å². The van der Waals surface area contributed by atoms with Crippen LogP contribution in [0.5, 0.6) is 11.5 Å². The number of fused-ring (bicyclic) bond motifs is 2. The van der Waals surface area contributed by atoms with Crippen LogP contribution in [-0.4, -0.2) is 33.1 Å². The lowest BCUT2D eigenvalue weighted by atomic mass is 10.1. The number of para-hydroxylation sites is 2. The van der Waals surface area contributed by atoms with Gasteiger partial charge in [-0.05, 0) is 61.7 Å². The van der Waals surface area contributed by atoms with E-state index in [-0.39, 0.29) is 24.7 Å². The Kier molecular flexibility index (Phi) is 6.28. The highest BCUT2D eigenvalue weighted by Crippen LogP contribution is 2.39. The second-order valence-electron chi connectivity index (χ2n) is 9.22. The first-order valence-corrected chi connectivity index (χ1v) is 13.3. The van der Waals surface area contributed by atoms with Gasteiger partial charge in [0.1, 0.15) is 6.04 Å². The van der Waals surface area contributed by atoms with Crippen LogP contribution in [0.2, 0.25) is 0 Å². The second-order valence-corrected chi connectivity index (χ2v) is 11.0. The molecule has 1 atom stereocenters. The number of rotatable bonds is 6. The zero-order chi connectivity index (χ0) is 26.3. The zero-order valence-corrected chi connectivity index (χ0v) is 21.5. The molecule has 1 unspecified atom stereocenters. The Morgan fingerprint density at radius 1 is 1.03 bits per heavy atom. The summed E-state index contributed by atoms with van der Waals surface area (Å²) in [7, 11) is -4.19. The van der Waals surface area contributed by atoms with Crippen LogP contribution in [0.4, 0.5) is 11.4 Å². The molecule has 2 heterocycles. The van der Waals surface area contributed by atoms with Crippen molar-refractivity contribution in [2.45, 2.75) is 44.7 Å². The topological polar surface area (TPSA) is 114 Å². The number of benzene rings is 3. The van der Waals surface area contributed by atoms with E-state index in [0.717, 1.165) is 15.4 Å². The number of carbonyl (C=O) groups excluding carboxylic acids is 2. The third-order valence-electron chi connectivity index (χ3n) is 6.41. The zero-order valence-electron chi connectivity index (χ0n) is 20.7. The molecule has 0 fully saturated rings. The van der Waals surface area contributed by atoms with E-state index in [9.17, 15) is 18.0 Å². The lowest BCUT2D eigenvalue weighted by Gasteiger charge is -2.37. The van der Waals surface area contributed by atoms with Gasteiger partial charge in [-0.25, -0.2) is 8.42 Å². The normalized spacial score (nSPS) is 16.2. The maximum atomic E-state index is 14.1. The summed E-state index contributed by atoms with van der Waals surface area (Å²) in [6.07, 6.45) is -0.353. The molecule has 5 rings (SSSR count). The van der Waals surface area contributed by atoms with Gasteiger partial charge in [-0.3, -0.25) is 13.9 Å². The van der Waals surface area contributed by atoms with Crippen molar-refractivity contribution in [1.29, 1.82) is 0 Å². The first-order valence-electron chi connectivity index (χ1n) is 11.8. The molecule has 0 aliphatic carbocycles. The first-order chi connectivity index (χ1) is 17.6. The van der Waals surface area contributed by atoms with Crippen LogP contribution in [0.3, 0.4) is 0 Å². The molecular formula is C27H27N3O6S. The highest BCUT2D eigenvalue weighted by Gasteiger charge is 2.43. The molecule has 0 aromatic heterocycles. The van der Waals surface area contributed by atoms with E-state index in [2.05, 4.69) is 10.6 Å². The number of ether oxygens (including phenoxy) is 2. The standard InChI is InChI=1S/C27H27N3O6S/c1-16-10-17(2)26(18(3)11-16)37(33,34)30-21-7-5-4-6-20(21)29-27(32)22(30)13-25(31)28-14-19-8-9-23-24(12-19)36-15-35-23/h4-12,22H,13-15H2,1-3H3,(H,28,31)(H,29,32). The summed E-state index contributed by atoms with van der Waals surface area (Å²) in [5.74, 6) is 0.198. The summed E-state index contributed by atoms with van der Waals surface area (Å²) in [6, 6.07) is 14.3. The molecule has 2 amide bonds. The van der Waals surface area contributed by atoms with E-state index in [0.29, 0.717) is 34.0 Å². The molecule has 10 heteroatoms. The van der Waals surface area contributed by atoms with Crippen LogP contribution in [-0.2, 0) is 26.2 Å². The number of anilines is 2. The van der Waals surface area contributed by atoms with Crippen LogP contribution in [0.1, 0.15) is 28.7 Å². The number of hydrogen-bond acceptors (Lipinski definition) is 6. The van der Waals surface area contributed by atoms with Gasteiger partial charge in [-0.15, -0.1) is 0 Å². The molecule has 3 aromatic rings. The Bertz CT molecular complexity index is 1500. The molecule has 0 saturated heterocycles. The second kappa shape index (κ2) is 9.44. The molecule has 0 saturated carbocycles. The number of amides is 2. The fraction of sp³-hybridized carbons (Fsp3) is 0.259. The fourth-order valence-corrected chi connectivity index (χ4v) is 6.96. The maximum absolute atomic E-state index is 14.1. The van der Waals surface area contributed by atoms with E-state index < -0.39 is 27.9 Å². The minimum Gasteiger partial charge on any atom is -0.454 e. The average Bonchev–Trinajstić information content (AvgIpc) is 3.30. The average molecular weight is 522 g/mol. The van der Waals surface area contributed by atoms with Crippen molar-refractivity contribution in [2.24, 2.45) is 0 Å². The molecule has 9 nitrogen and oxygen atoms in total. The Hall–Kier alpha value is -4.05. The molecule has 37 heavy (non-hydrogen) atoms. The quantitative estimate of drug-likeness (QED) is 0.513. The van der Waals surface area contributed by atoms with Gasteiger partial charge in [0.05, 0.1) is 22.7 Å². The van der Waals surface area contributed by atoms with Crippen LogP contribution < -0.4 is 24.4 Å². The highest BCUT2D eigenvalue weighted by atomic mass is 32.2. The smallest absolute Gasteiger partial charge is 0.265 e. The Morgan fingerprint density at radius 3 is 2.49 bits per heavy atom. The van der Waals surface area contributed by atoms with E-state index >= 15 is 0 Å². The van der Waals surface area contributed by atoms with Crippen molar-refractivity contribution in [3.8, 4) is 11.5 Å². The van der Waals surface area contributed by atoms with Gasteiger partial charge in [0, 0.05) is 6.54 Å². The monoisotopic (exact) mass is 521 g/mol. The van der Waals surface area contributed by atoms with Gasteiger partial charge in [0.15, 0.2) is 11.5 Å². The van der Waals surface area contributed by atoms with Crippen LogP contribution in [0, 0.1) is 20.8 Å². The summed E-state index contributed by atoms with van der Waals surface area (Å²) >= 11 is 0. The molecule has 2 aliphatic rings. The van der Waals surface area contributed by atoms with Crippen molar-refractivity contribution in [2.75, 3.05) is 16.4 Å². The predicted molar refractivity (Wildman–Crippen MR) is 138 cm³/mol. The highest BCUT2D eigenvalue weighted by molar-refractivity contribution is 7.93. The molecule has 2 aliphatic heterocycles. The Labute approximate surface area is 215 Å². The summed E-state index contributed by atoms with van der Waals surface area (Å²) < 4.78 is 40.0. The summed E-state index contributed by atoms with van der Waals surface area (Å²) in [5.41, 5.74) is 3.56. The molecule has 0 bridgehead atoms. The van der Waals surface area contributed by atoms with Crippen molar-refractivity contribution in [3.05, 3.63) is 76.9 Å². The fourth-order valence-electron chi connectivity index (χ4n) is 4.91. The van der Waals surface area contributed by atoms with Gasteiger partial charge >= 0.3 is 0 Å². The third kappa shape index (κ3) is 4.60.